The molecule has 0 radical (unpaired) electrons. The topological polar surface area (TPSA) is 59.4 Å². The summed E-state index contributed by atoms with van der Waals surface area (Å²) in [4.78, 5) is 0. The normalized spacial score (nSPS) is 10.3. The van der Waals surface area contributed by atoms with Crippen molar-refractivity contribution in [2.45, 2.75) is 6.92 Å². The van der Waals surface area contributed by atoms with Crippen LogP contribution in [0.5, 0.6) is 0 Å². The first kappa shape index (κ1) is 9.74. The van der Waals surface area contributed by atoms with Gasteiger partial charge >= 0.3 is 0 Å². The molecule has 0 N–H and O–H groups in total. The molecule has 76 valence electrons. The van der Waals surface area contributed by atoms with E-state index >= 15 is 0 Å². The van der Waals surface area contributed by atoms with Gasteiger partial charge in [-0.3, -0.25) is 0 Å². The van der Waals surface area contributed by atoms with Crippen molar-refractivity contribution in [2.75, 3.05) is 0 Å². The lowest BCUT2D eigenvalue weighted by Gasteiger charge is -2.00. The SMILES string of the molecule is Cc1nn(C)c(-n2cc(Cl)cn2)c1C#N. The molecular weight excluding hydrogens is 214 g/mol. The molecule has 2 heterocycles. The molecule has 0 aliphatic heterocycles. The summed E-state index contributed by atoms with van der Waals surface area (Å²) in [7, 11) is 1.76. The molecule has 2 aromatic rings. The third-order valence-electron chi connectivity index (χ3n) is 2.07. The molecule has 5 nitrogen and oxygen atoms in total. The van der Waals surface area contributed by atoms with E-state index in [-0.39, 0.29) is 0 Å². The molecular formula is C9H8ClN5. The first-order valence-electron chi connectivity index (χ1n) is 4.27. The van der Waals surface area contributed by atoms with Gasteiger partial charge in [0.25, 0.3) is 0 Å². The van der Waals surface area contributed by atoms with Crippen molar-refractivity contribution in [1.29, 1.82) is 5.26 Å². The van der Waals surface area contributed by atoms with E-state index < -0.39 is 0 Å². The molecule has 0 saturated carbocycles. The predicted octanol–water partition coefficient (Wildman–Crippen LogP) is 1.44. The van der Waals surface area contributed by atoms with Gasteiger partial charge in [0.2, 0.25) is 0 Å². The Morgan fingerprint density at radius 1 is 1.53 bits per heavy atom. The summed E-state index contributed by atoms with van der Waals surface area (Å²) >= 11 is 5.77. The van der Waals surface area contributed by atoms with Crippen LogP contribution >= 0.6 is 11.6 Å². The Morgan fingerprint density at radius 3 is 2.80 bits per heavy atom. The fourth-order valence-electron chi connectivity index (χ4n) is 1.46. The van der Waals surface area contributed by atoms with Gasteiger partial charge in [-0.15, -0.1) is 0 Å². The molecule has 0 saturated heterocycles. The number of hydrogen-bond acceptors (Lipinski definition) is 3. The average Bonchev–Trinajstić information content (AvgIpc) is 2.70. The minimum Gasteiger partial charge on any atom is -0.250 e. The molecule has 2 rings (SSSR count). The van der Waals surface area contributed by atoms with Gasteiger partial charge in [0.1, 0.15) is 11.6 Å². The van der Waals surface area contributed by atoms with E-state index in [4.69, 9.17) is 16.9 Å². The highest BCUT2D eigenvalue weighted by molar-refractivity contribution is 6.30. The molecule has 0 unspecified atom stereocenters. The van der Waals surface area contributed by atoms with Crippen molar-refractivity contribution in [3.05, 3.63) is 28.7 Å². The Bertz CT molecular complexity index is 545. The van der Waals surface area contributed by atoms with E-state index in [1.54, 1.807) is 29.5 Å². The van der Waals surface area contributed by atoms with Gasteiger partial charge in [0, 0.05) is 7.05 Å². The number of nitriles is 1. The minimum atomic E-state index is 0.511. The van der Waals surface area contributed by atoms with Crippen molar-refractivity contribution < 1.29 is 0 Å². The third-order valence-corrected chi connectivity index (χ3v) is 2.27. The summed E-state index contributed by atoms with van der Waals surface area (Å²) in [5.74, 6) is 0.627. The zero-order valence-corrected chi connectivity index (χ0v) is 9.02. The van der Waals surface area contributed by atoms with E-state index in [0.717, 1.165) is 0 Å². The molecule has 2 aromatic heterocycles. The number of rotatable bonds is 1. The van der Waals surface area contributed by atoms with Gasteiger partial charge in [-0.2, -0.15) is 15.5 Å². The largest absolute Gasteiger partial charge is 0.250 e. The predicted molar refractivity (Wildman–Crippen MR) is 54.8 cm³/mol. The second-order valence-electron chi connectivity index (χ2n) is 3.12. The maximum atomic E-state index is 9.00. The highest BCUT2D eigenvalue weighted by Crippen LogP contribution is 2.17. The van der Waals surface area contributed by atoms with E-state index in [2.05, 4.69) is 16.3 Å². The smallest absolute Gasteiger partial charge is 0.169 e. The zero-order chi connectivity index (χ0) is 11.0. The first-order valence-corrected chi connectivity index (χ1v) is 4.65. The Balaban J connectivity index is 2.67. The van der Waals surface area contributed by atoms with Crippen molar-refractivity contribution in [2.24, 2.45) is 7.05 Å². The molecule has 15 heavy (non-hydrogen) atoms. The van der Waals surface area contributed by atoms with Crippen molar-refractivity contribution in [1.82, 2.24) is 19.6 Å². The van der Waals surface area contributed by atoms with Crippen LogP contribution in [-0.2, 0) is 7.05 Å². The number of hydrogen-bond donors (Lipinski definition) is 0. The standard InChI is InChI=1S/C9H8ClN5/c1-6-8(3-11)9(14(2)13-6)15-5-7(10)4-12-15/h4-5H,1-2H3. The Kier molecular flexibility index (Phi) is 2.21. The lowest BCUT2D eigenvalue weighted by molar-refractivity contribution is 0.693. The average molecular weight is 222 g/mol. The van der Waals surface area contributed by atoms with Crippen LogP contribution in [0.4, 0.5) is 0 Å². The second kappa shape index (κ2) is 3.41. The van der Waals surface area contributed by atoms with Crippen LogP contribution in [0.1, 0.15) is 11.3 Å². The fourth-order valence-corrected chi connectivity index (χ4v) is 1.59. The Hall–Kier alpha value is -1.80. The quantitative estimate of drug-likeness (QED) is 0.732. The molecule has 0 spiro atoms. The van der Waals surface area contributed by atoms with E-state index in [1.165, 1.54) is 6.20 Å². The number of aryl methyl sites for hydroxylation is 2. The van der Waals surface area contributed by atoms with Crippen LogP contribution in [0.25, 0.3) is 5.82 Å². The maximum absolute atomic E-state index is 9.00. The molecule has 0 amide bonds. The minimum absolute atomic E-state index is 0.511. The van der Waals surface area contributed by atoms with E-state index in [1.807, 2.05) is 0 Å². The van der Waals surface area contributed by atoms with Crippen LogP contribution in [0, 0.1) is 18.3 Å². The lowest BCUT2D eigenvalue weighted by Crippen LogP contribution is -2.04. The molecule has 0 aromatic carbocycles. The van der Waals surface area contributed by atoms with Crippen molar-refractivity contribution in [3.8, 4) is 11.9 Å². The highest BCUT2D eigenvalue weighted by Gasteiger charge is 2.15. The van der Waals surface area contributed by atoms with E-state index in [9.17, 15) is 0 Å². The van der Waals surface area contributed by atoms with Crippen LogP contribution in [-0.4, -0.2) is 19.6 Å². The van der Waals surface area contributed by atoms with Crippen molar-refractivity contribution in [3.63, 3.8) is 0 Å². The summed E-state index contributed by atoms with van der Waals surface area (Å²) in [6.07, 6.45) is 3.16. The molecule has 0 fully saturated rings. The van der Waals surface area contributed by atoms with Crippen LogP contribution in [0.3, 0.4) is 0 Å². The Morgan fingerprint density at radius 2 is 2.27 bits per heavy atom. The first-order chi connectivity index (χ1) is 7.13. The molecule has 0 atom stereocenters. The van der Waals surface area contributed by atoms with Crippen LogP contribution < -0.4 is 0 Å². The van der Waals surface area contributed by atoms with Crippen LogP contribution in [0.15, 0.2) is 12.4 Å². The molecule has 0 aliphatic rings. The molecule has 0 aliphatic carbocycles. The highest BCUT2D eigenvalue weighted by atomic mass is 35.5. The summed E-state index contributed by atoms with van der Waals surface area (Å²) in [6.45, 7) is 1.78. The molecule has 0 bridgehead atoms. The van der Waals surface area contributed by atoms with Gasteiger partial charge in [-0.1, -0.05) is 11.6 Å². The Labute approximate surface area is 91.5 Å². The monoisotopic (exact) mass is 221 g/mol. The van der Waals surface area contributed by atoms with Gasteiger partial charge in [-0.05, 0) is 6.92 Å². The molecule has 6 heteroatoms. The number of nitrogens with zero attached hydrogens (tertiary/aromatic N) is 5. The van der Waals surface area contributed by atoms with Gasteiger partial charge in [0.05, 0.1) is 23.1 Å². The van der Waals surface area contributed by atoms with Gasteiger partial charge in [0.15, 0.2) is 5.82 Å². The number of aromatic nitrogens is 4. The van der Waals surface area contributed by atoms with E-state index in [0.29, 0.717) is 22.1 Å². The van der Waals surface area contributed by atoms with Gasteiger partial charge < -0.3 is 0 Å². The fraction of sp³-hybridized carbons (Fsp3) is 0.222. The lowest BCUT2D eigenvalue weighted by atomic mass is 10.3. The van der Waals surface area contributed by atoms with Crippen LogP contribution in [0.2, 0.25) is 5.02 Å². The summed E-state index contributed by atoms with van der Waals surface area (Å²) in [5, 5.41) is 17.7. The number of halogens is 1. The second-order valence-corrected chi connectivity index (χ2v) is 3.56. The summed E-state index contributed by atoms with van der Waals surface area (Å²) in [5.41, 5.74) is 1.19. The maximum Gasteiger partial charge on any atom is 0.169 e. The third kappa shape index (κ3) is 1.49. The zero-order valence-electron chi connectivity index (χ0n) is 8.27. The van der Waals surface area contributed by atoms with Crippen molar-refractivity contribution >= 4 is 11.6 Å². The summed E-state index contributed by atoms with van der Waals surface area (Å²) in [6, 6.07) is 2.11. The van der Waals surface area contributed by atoms with Gasteiger partial charge in [-0.25, -0.2) is 9.36 Å². The summed E-state index contributed by atoms with van der Waals surface area (Å²) < 4.78 is 3.15.